The molecular formula is C19H22N4. The van der Waals surface area contributed by atoms with Gasteiger partial charge in [-0.1, -0.05) is 12.1 Å². The van der Waals surface area contributed by atoms with E-state index in [1.165, 1.54) is 48.0 Å². The molecule has 0 amide bonds. The number of aryl methyl sites for hydroxylation is 1. The molecule has 0 bridgehead atoms. The van der Waals surface area contributed by atoms with Crippen molar-refractivity contribution in [1.82, 2.24) is 19.7 Å². The summed E-state index contributed by atoms with van der Waals surface area (Å²) in [6.07, 6.45) is 8.41. The van der Waals surface area contributed by atoms with E-state index >= 15 is 0 Å². The number of hydrogen-bond acceptors (Lipinski definition) is 3. The predicted octanol–water partition coefficient (Wildman–Crippen LogP) is 3.44. The second-order valence-corrected chi connectivity index (χ2v) is 6.65. The lowest BCUT2D eigenvalue weighted by molar-refractivity contribution is 0.253. The van der Waals surface area contributed by atoms with Gasteiger partial charge >= 0.3 is 0 Å². The first-order valence-electron chi connectivity index (χ1n) is 8.26. The highest BCUT2D eigenvalue weighted by molar-refractivity contribution is 5.86. The van der Waals surface area contributed by atoms with Crippen LogP contribution in [-0.2, 0) is 7.05 Å². The molecule has 4 rings (SSSR count). The number of fused-ring (bicyclic) bond motifs is 1. The van der Waals surface area contributed by atoms with Gasteiger partial charge in [-0.05, 0) is 56.1 Å². The third kappa shape index (κ3) is 2.86. The standard InChI is InChI=1S/C19H22N4/c1-22-7-5-14(6-8-22)19-10-17-9-15(3-4-16(17)11-20-19)18-12-21-23(2)13-18/h3-4,9-14H,5-8H2,1-2H3. The molecule has 4 heteroatoms. The SMILES string of the molecule is CN1CCC(c2cc3cc(-c4cnn(C)c4)ccc3cn2)CC1. The third-order valence-corrected chi connectivity index (χ3v) is 4.92. The van der Waals surface area contributed by atoms with Crippen LogP contribution in [0.4, 0.5) is 0 Å². The number of aromatic nitrogens is 3. The highest BCUT2D eigenvalue weighted by Crippen LogP contribution is 2.30. The molecule has 1 aliphatic heterocycles. The van der Waals surface area contributed by atoms with Crippen LogP contribution >= 0.6 is 0 Å². The molecule has 0 N–H and O–H groups in total. The molecule has 2 aromatic heterocycles. The van der Waals surface area contributed by atoms with E-state index < -0.39 is 0 Å². The van der Waals surface area contributed by atoms with E-state index in [9.17, 15) is 0 Å². The molecule has 0 saturated carbocycles. The fourth-order valence-corrected chi connectivity index (χ4v) is 3.44. The van der Waals surface area contributed by atoms with E-state index in [4.69, 9.17) is 4.98 Å². The van der Waals surface area contributed by atoms with Crippen LogP contribution in [-0.4, -0.2) is 39.8 Å². The first-order valence-corrected chi connectivity index (χ1v) is 8.26. The van der Waals surface area contributed by atoms with E-state index in [0.717, 1.165) is 5.56 Å². The Kier molecular flexibility index (Phi) is 3.62. The molecule has 4 nitrogen and oxygen atoms in total. The van der Waals surface area contributed by atoms with E-state index in [1.54, 1.807) is 0 Å². The van der Waals surface area contributed by atoms with Crippen molar-refractivity contribution in [2.45, 2.75) is 18.8 Å². The number of rotatable bonds is 2. The Balaban J connectivity index is 1.69. The van der Waals surface area contributed by atoms with Crippen molar-refractivity contribution >= 4 is 10.8 Å². The van der Waals surface area contributed by atoms with Crippen molar-refractivity contribution in [3.8, 4) is 11.1 Å². The zero-order chi connectivity index (χ0) is 15.8. The number of hydrogen-bond donors (Lipinski definition) is 0. The Bertz CT molecular complexity index is 828. The van der Waals surface area contributed by atoms with Gasteiger partial charge in [-0.2, -0.15) is 5.10 Å². The molecular weight excluding hydrogens is 284 g/mol. The van der Waals surface area contributed by atoms with Gasteiger partial charge in [0.15, 0.2) is 0 Å². The lowest BCUT2D eigenvalue weighted by Crippen LogP contribution is -2.29. The molecule has 0 unspecified atom stereocenters. The van der Waals surface area contributed by atoms with Gasteiger partial charge in [0, 0.05) is 42.0 Å². The quantitative estimate of drug-likeness (QED) is 0.727. The van der Waals surface area contributed by atoms with Gasteiger partial charge in [-0.15, -0.1) is 0 Å². The van der Waals surface area contributed by atoms with Gasteiger partial charge in [-0.25, -0.2) is 0 Å². The average molecular weight is 306 g/mol. The number of pyridine rings is 1. The molecule has 0 aliphatic carbocycles. The molecule has 1 fully saturated rings. The number of piperidine rings is 1. The molecule has 3 heterocycles. The van der Waals surface area contributed by atoms with Crippen LogP contribution in [0.3, 0.4) is 0 Å². The summed E-state index contributed by atoms with van der Waals surface area (Å²) in [4.78, 5) is 7.13. The van der Waals surface area contributed by atoms with Crippen LogP contribution in [0.15, 0.2) is 42.9 Å². The number of benzene rings is 1. The van der Waals surface area contributed by atoms with Crippen LogP contribution < -0.4 is 0 Å². The van der Waals surface area contributed by atoms with E-state index in [-0.39, 0.29) is 0 Å². The summed E-state index contributed by atoms with van der Waals surface area (Å²) in [7, 11) is 4.15. The van der Waals surface area contributed by atoms with Gasteiger partial charge in [0.05, 0.1) is 6.20 Å². The zero-order valence-electron chi connectivity index (χ0n) is 13.7. The van der Waals surface area contributed by atoms with Crippen molar-refractivity contribution in [1.29, 1.82) is 0 Å². The summed E-state index contributed by atoms with van der Waals surface area (Å²) < 4.78 is 1.84. The van der Waals surface area contributed by atoms with Gasteiger partial charge in [0.2, 0.25) is 0 Å². The Morgan fingerprint density at radius 3 is 2.52 bits per heavy atom. The lowest BCUT2D eigenvalue weighted by atomic mass is 9.92. The molecule has 1 aliphatic rings. The molecule has 118 valence electrons. The predicted molar refractivity (Wildman–Crippen MR) is 93.4 cm³/mol. The largest absolute Gasteiger partial charge is 0.306 e. The topological polar surface area (TPSA) is 34.0 Å². The second-order valence-electron chi connectivity index (χ2n) is 6.65. The number of nitrogens with zero attached hydrogens (tertiary/aromatic N) is 4. The van der Waals surface area contributed by atoms with Gasteiger partial charge in [0.1, 0.15) is 0 Å². The third-order valence-electron chi connectivity index (χ3n) is 4.92. The molecule has 0 atom stereocenters. The maximum Gasteiger partial charge on any atom is 0.0568 e. The Hall–Kier alpha value is -2.20. The fraction of sp³-hybridized carbons (Fsp3) is 0.368. The average Bonchev–Trinajstić information content (AvgIpc) is 3.01. The van der Waals surface area contributed by atoms with Crippen molar-refractivity contribution in [3.05, 3.63) is 48.5 Å². The van der Waals surface area contributed by atoms with Crippen LogP contribution in [0.2, 0.25) is 0 Å². The molecule has 0 radical (unpaired) electrons. The minimum absolute atomic E-state index is 0.595. The first-order chi connectivity index (χ1) is 11.2. The summed E-state index contributed by atoms with van der Waals surface area (Å²) in [5.41, 5.74) is 3.62. The first kappa shape index (κ1) is 14.4. The van der Waals surface area contributed by atoms with Crippen molar-refractivity contribution in [2.24, 2.45) is 7.05 Å². The molecule has 3 aromatic rings. The summed E-state index contributed by atoms with van der Waals surface area (Å²) >= 11 is 0. The van der Waals surface area contributed by atoms with Crippen LogP contribution in [0, 0.1) is 0 Å². The maximum atomic E-state index is 4.73. The summed E-state index contributed by atoms with van der Waals surface area (Å²) in [5, 5.41) is 6.75. The summed E-state index contributed by atoms with van der Waals surface area (Å²) in [6.45, 7) is 2.33. The highest BCUT2D eigenvalue weighted by Gasteiger charge is 2.19. The Morgan fingerprint density at radius 2 is 1.78 bits per heavy atom. The Morgan fingerprint density at radius 1 is 0.957 bits per heavy atom. The van der Waals surface area contributed by atoms with Gasteiger partial charge < -0.3 is 4.90 Å². The van der Waals surface area contributed by atoms with Crippen molar-refractivity contribution < 1.29 is 0 Å². The van der Waals surface area contributed by atoms with Gasteiger partial charge in [-0.3, -0.25) is 9.67 Å². The zero-order valence-corrected chi connectivity index (χ0v) is 13.7. The van der Waals surface area contributed by atoms with Gasteiger partial charge in [0.25, 0.3) is 0 Å². The molecule has 1 saturated heterocycles. The van der Waals surface area contributed by atoms with Crippen LogP contribution in [0.5, 0.6) is 0 Å². The molecule has 23 heavy (non-hydrogen) atoms. The fourth-order valence-electron chi connectivity index (χ4n) is 3.44. The number of likely N-dealkylation sites (tertiary alicyclic amines) is 1. The minimum atomic E-state index is 0.595. The summed E-state index contributed by atoms with van der Waals surface area (Å²) in [5.74, 6) is 0.595. The smallest absolute Gasteiger partial charge is 0.0568 e. The summed E-state index contributed by atoms with van der Waals surface area (Å²) in [6, 6.07) is 8.84. The normalized spacial score (nSPS) is 17.0. The van der Waals surface area contributed by atoms with E-state index in [0.29, 0.717) is 5.92 Å². The Labute approximate surface area is 136 Å². The van der Waals surface area contributed by atoms with Crippen molar-refractivity contribution in [2.75, 3.05) is 20.1 Å². The van der Waals surface area contributed by atoms with Crippen LogP contribution in [0.1, 0.15) is 24.5 Å². The molecule has 0 spiro atoms. The minimum Gasteiger partial charge on any atom is -0.306 e. The highest BCUT2D eigenvalue weighted by atomic mass is 15.2. The second kappa shape index (κ2) is 5.78. The van der Waals surface area contributed by atoms with Crippen LogP contribution in [0.25, 0.3) is 21.9 Å². The monoisotopic (exact) mass is 306 g/mol. The maximum absolute atomic E-state index is 4.73. The van der Waals surface area contributed by atoms with E-state index in [1.807, 2.05) is 24.1 Å². The molecule has 1 aromatic carbocycles. The van der Waals surface area contributed by atoms with Crippen molar-refractivity contribution in [3.63, 3.8) is 0 Å². The van der Waals surface area contributed by atoms with E-state index in [2.05, 4.69) is 47.5 Å². The lowest BCUT2D eigenvalue weighted by Gasteiger charge is -2.28.